The molecule has 0 aliphatic heterocycles. The van der Waals surface area contributed by atoms with Gasteiger partial charge in [0.15, 0.2) is 0 Å². The SMILES string of the molecule is CCCCCC(C)NCCn1ccc2cccc(CC)c21. The lowest BCUT2D eigenvalue weighted by molar-refractivity contribution is 0.473. The highest BCUT2D eigenvalue weighted by molar-refractivity contribution is 5.83. The van der Waals surface area contributed by atoms with E-state index in [1.54, 1.807) is 0 Å². The largest absolute Gasteiger partial charge is 0.346 e. The first-order valence-electron chi connectivity index (χ1n) is 8.56. The first-order valence-corrected chi connectivity index (χ1v) is 8.56. The van der Waals surface area contributed by atoms with Crippen molar-refractivity contribution in [2.75, 3.05) is 6.54 Å². The summed E-state index contributed by atoms with van der Waals surface area (Å²) in [5.74, 6) is 0. The molecule has 0 radical (unpaired) electrons. The van der Waals surface area contributed by atoms with Crippen molar-refractivity contribution >= 4 is 10.9 Å². The van der Waals surface area contributed by atoms with Gasteiger partial charge in [-0.05, 0) is 36.8 Å². The molecule has 116 valence electrons. The second-order valence-corrected chi connectivity index (χ2v) is 6.07. The van der Waals surface area contributed by atoms with Gasteiger partial charge in [0, 0.05) is 25.3 Å². The maximum absolute atomic E-state index is 3.66. The summed E-state index contributed by atoms with van der Waals surface area (Å²) in [5, 5.41) is 5.03. The van der Waals surface area contributed by atoms with Crippen LogP contribution in [-0.4, -0.2) is 17.2 Å². The molecule has 0 amide bonds. The van der Waals surface area contributed by atoms with Gasteiger partial charge >= 0.3 is 0 Å². The number of hydrogen-bond acceptors (Lipinski definition) is 1. The molecule has 0 bridgehead atoms. The Bertz CT molecular complexity index is 541. The summed E-state index contributed by atoms with van der Waals surface area (Å²) in [7, 11) is 0. The molecule has 1 aromatic carbocycles. The second-order valence-electron chi connectivity index (χ2n) is 6.07. The molecule has 1 unspecified atom stereocenters. The van der Waals surface area contributed by atoms with Crippen molar-refractivity contribution in [3.05, 3.63) is 36.0 Å². The minimum absolute atomic E-state index is 0.629. The molecule has 0 aliphatic carbocycles. The maximum atomic E-state index is 3.66. The van der Waals surface area contributed by atoms with Gasteiger partial charge in [-0.25, -0.2) is 0 Å². The van der Waals surface area contributed by atoms with Crippen molar-refractivity contribution in [1.29, 1.82) is 0 Å². The molecule has 1 heterocycles. The predicted octanol–water partition coefficient (Wildman–Crippen LogP) is 4.76. The van der Waals surface area contributed by atoms with E-state index in [0.29, 0.717) is 6.04 Å². The number of rotatable bonds is 9. The van der Waals surface area contributed by atoms with Gasteiger partial charge in [0.05, 0.1) is 5.52 Å². The fraction of sp³-hybridized carbons (Fsp3) is 0.579. The lowest BCUT2D eigenvalue weighted by Crippen LogP contribution is -2.29. The number of nitrogens with zero attached hydrogens (tertiary/aromatic N) is 1. The van der Waals surface area contributed by atoms with Crippen LogP contribution in [0.5, 0.6) is 0 Å². The van der Waals surface area contributed by atoms with Crippen LogP contribution in [0.15, 0.2) is 30.5 Å². The van der Waals surface area contributed by atoms with Gasteiger partial charge in [0.1, 0.15) is 0 Å². The third-order valence-electron chi connectivity index (χ3n) is 4.34. The van der Waals surface area contributed by atoms with Gasteiger partial charge in [-0.15, -0.1) is 0 Å². The van der Waals surface area contributed by atoms with E-state index in [2.05, 4.69) is 61.1 Å². The molecule has 0 aliphatic rings. The van der Waals surface area contributed by atoms with Gasteiger partial charge < -0.3 is 9.88 Å². The molecule has 2 aromatic rings. The molecular weight excluding hydrogens is 256 g/mol. The number of fused-ring (bicyclic) bond motifs is 1. The molecule has 2 heteroatoms. The standard InChI is InChI=1S/C19H30N2/c1-4-6-7-9-16(3)20-13-15-21-14-12-18-11-8-10-17(5-2)19(18)21/h8,10-12,14,16,20H,4-7,9,13,15H2,1-3H3. The molecular formula is C19H30N2. The lowest BCUT2D eigenvalue weighted by Gasteiger charge is -2.15. The quantitative estimate of drug-likeness (QED) is 0.657. The van der Waals surface area contributed by atoms with Crippen LogP contribution in [0.2, 0.25) is 0 Å². The van der Waals surface area contributed by atoms with Crippen molar-refractivity contribution in [2.45, 2.75) is 65.5 Å². The third kappa shape index (κ3) is 4.34. The average Bonchev–Trinajstić information content (AvgIpc) is 2.91. The van der Waals surface area contributed by atoms with Crippen molar-refractivity contribution in [1.82, 2.24) is 9.88 Å². The minimum atomic E-state index is 0.629. The van der Waals surface area contributed by atoms with E-state index in [1.165, 1.54) is 42.1 Å². The van der Waals surface area contributed by atoms with Gasteiger partial charge in [-0.3, -0.25) is 0 Å². The van der Waals surface area contributed by atoms with Crippen LogP contribution in [0.25, 0.3) is 10.9 Å². The van der Waals surface area contributed by atoms with Crippen LogP contribution in [0, 0.1) is 0 Å². The van der Waals surface area contributed by atoms with E-state index in [0.717, 1.165) is 19.5 Å². The minimum Gasteiger partial charge on any atom is -0.346 e. The van der Waals surface area contributed by atoms with Gasteiger partial charge in [-0.2, -0.15) is 0 Å². The van der Waals surface area contributed by atoms with Gasteiger partial charge in [0.2, 0.25) is 0 Å². The number of nitrogens with one attached hydrogen (secondary N) is 1. The first-order chi connectivity index (χ1) is 10.3. The Kier molecular flexibility index (Phi) is 6.31. The number of unbranched alkanes of at least 4 members (excludes halogenated alkanes) is 2. The lowest BCUT2D eigenvalue weighted by atomic mass is 10.1. The van der Waals surface area contributed by atoms with Crippen LogP contribution in [-0.2, 0) is 13.0 Å². The Labute approximate surface area is 129 Å². The molecule has 0 spiro atoms. The van der Waals surface area contributed by atoms with E-state index in [4.69, 9.17) is 0 Å². The van der Waals surface area contributed by atoms with Crippen molar-refractivity contribution < 1.29 is 0 Å². The zero-order valence-electron chi connectivity index (χ0n) is 13.9. The van der Waals surface area contributed by atoms with Crippen LogP contribution >= 0.6 is 0 Å². The van der Waals surface area contributed by atoms with Crippen LogP contribution in [0.3, 0.4) is 0 Å². The molecule has 0 saturated carbocycles. The number of hydrogen-bond donors (Lipinski definition) is 1. The summed E-state index contributed by atoms with van der Waals surface area (Å²) in [4.78, 5) is 0. The maximum Gasteiger partial charge on any atom is 0.0513 e. The normalized spacial score (nSPS) is 12.9. The molecule has 0 fully saturated rings. The van der Waals surface area contributed by atoms with Crippen molar-refractivity contribution in [3.8, 4) is 0 Å². The molecule has 1 atom stereocenters. The van der Waals surface area contributed by atoms with E-state index >= 15 is 0 Å². The van der Waals surface area contributed by atoms with Crippen LogP contribution in [0.1, 0.15) is 52.0 Å². The number of benzene rings is 1. The Hall–Kier alpha value is -1.28. The molecule has 21 heavy (non-hydrogen) atoms. The first kappa shape index (κ1) is 16.1. The van der Waals surface area contributed by atoms with Crippen molar-refractivity contribution in [2.24, 2.45) is 0 Å². The zero-order chi connectivity index (χ0) is 15.1. The smallest absolute Gasteiger partial charge is 0.0513 e. The van der Waals surface area contributed by atoms with E-state index in [-0.39, 0.29) is 0 Å². The van der Waals surface area contributed by atoms with E-state index in [1.807, 2.05) is 0 Å². The van der Waals surface area contributed by atoms with Gasteiger partial charge in [0.25, 0.3) is 0 Å². The molecule has 2 rings (SSSR count). The Morgan fingerprint density at radius 3 is 2.76 bits per heavy atom. The van der Waals surface area contributed by atoms with Crippen LogP contribution < -0.4 is 5.32 Å². The van der Waals surface area contributed by atoms with E-state index in [9.17, 15) is 0 Å². The number of aromatic nitrogens is 1. The molecule has 0 saturated heterocycles. The summed E-state index contributed by atoms with van der Waals surface area (Å²) in [6, 6.07) is 9.49. The molecule has 1 N–H and O–H groups in total. The highest BCUT2D eigenvalue weighted by Crippen LogP contribution is 2.20. The topological polar surface area (TPSA) is 17.0 Å². The second kappa shape index (κ2) is 8.23. The molecule has 1 aromatic heterocycles. The summed E-state index contributed by atoms with van der Waals surface area (Å²) in [6.07, 6.45) is 8.63. The summed E-state index contributed by atoms with van der Waals surface area (Å²) in [5.41, 5.74) is 2.87. The fourth-order valence-corrected chi connectivity index (χ4v) is 3.05. The summed E-state index contributed by atoms with van der Waals surface area (Å²) >= 11 is 0. The number of para-hydroxylation sites is 1. The fourth-order valence-electron chi connectivity index (χ4n) is 3.05. The van der Waals surface area contributed by atoms with Crippen molar-refractivity contribution in [3.63, 3.8) is 0 Å². The Morgan fingerprint density at radius 1 is 1.14 bits per heavy atom. The van der Waals surface area contributed by atoms with Crippen LogP contribution in [0.4, 0.5) is 0 Å². The summed E-state index contributed by atoms with van der Waals surface area (Å²) in [6.45, 7) is 8.91. The monoisotopic (exact) mass is 286 g/mol. The highest BCUT2D eigenvalue weighted by Gasteiger charge is 2.06. The Balaban J connectivity index is 1.89. The average molecular weight is 286 g/mol. The molecule has 2 nitrogen and oxygen atoms in total. The number of aryl methyl sites for hydroxylation is 1. The third-order valence-corrected chi connectivity index (χ3v) is 4.34. The Morgan fingerprint density at radius 2 is 2.00 bits per heavy atom. The highest BCUT2D eigenvalue weighted by atomic mass is 15.0. The predicted molar refractivity (Wildman–Crippen MR) is 92.9 cm³/mol. The summed E-state index contributed by atoms with van der Waals surface area (Å²) < 4.78 is 2.40. The zero-order valence-corrected chi connectivity index (χ0v) is 13.9. The van der Waals surface area contributed by atoms with Gasteiger partial charge in [-0.1, -0.05) is 51.3 Å². The van der Waals surface area contributed by atoms with E-state index < -0.39 is 0 Å².